The predicted octanol–water partition coefficient (Wildman–Crippen LogP) is 7.26. The molecule has 10 heteroatoms. The molecule has 0 heterocycles. The molecule has 5 rings (SSSR count). The van der Waals surface area contributed by atoms with Gasteiger partial charge in [0.1, 0.15) is 12.6 Å². The Morgan fingerprint density at radius 3 is 2.19 bits per heavy atom. The number of nitrogens with one attached hydrogen (secondary N) is 1. The van der Waals surface area contributed by atoms with Crippen molar-refractivity contribution in [2.24, 2.45) is 0 Å². The fraction of sp³-hybridized carbons (Fsp3) is 0.297. The van der Waals surface area contributed by atoms with Crippen LogP contribution in [0.3, 0.4) is 0 Å². The SMILES string of the molecule is CSc1ccc(S(=O)(=O)N(CC(=O)N(Cc2cccc(Cl)c2)C(Cc2ccccc2)C(=O)NC2CCCC2)c2ccc(C)cc2)cc1. The van der Waals surface area contributed by atoms with Crippen molar-refractivity contribution in [3.05, 3.63) is 125 Å². The number of carbonyl (C=O) groups excluding carboxylic acids is 2. The van der Waals surface area contributed by atoms with Crippen molar-refractivity contribution in [1.29, 1.82) is 0 Å². The lowest BCUT2D eigenvalue weighted by atomic mass is 10.0. The van der Waals surface area contributed by atoms with Gasteiger partial charge in [-0.05, 0) is 85.7 Å². The van der Waals surface area contributed by atoms with E-state index in [0.29, 0.717) is 10.7 Å². The maximum atomic E-state index is 14.6. The minimum Gasteiger partial charge on any atom is -0.352 e. The highest BCUT2D eigenvalue weighted by atomic mass is 35.5. The zero-order valence-corrected chi connectivity index (χ0v) is 29.0. The van der Waals surface area contributed by atoms with Crippen LogP contribution in [0.2, 0.25) is 5.02 Å². The zero-order chi connectivity index (χ0) is 33.4. The maximum Gasteiger partial charge on any atom is 0.264 e. The number of amides is 2. The van der Waals surface area contributed by atoms with Crippen molar-refractivity contribution in [2.75, 3.05) is 17.1 Å². The van der Waals surface area contributed by atoms with Crippen molar-refractivity contribution in [1.82, 2.24) is 10.2 Å². The topological polar surface area (TPSA) is 86.8 Å². The van der Waals surface area contributed by atoms with Crippen LogP contribution in [0.5, 0.6) is 0 Å². The number of rotatable bonds is 13. The number of sulfonamides is 1. The summed E-state index contributed by atoms with van der Waals surface area (Å²) in [7, 11) is -4.17. The average molecular weight is 690 g/mol. The first-order chi connectivity index (χ1) is 22.6. The van der Waals surface area contributed by atoms with E-state index < -0.39 is 28.5 Å². The van der Waals surface area contributed by atoms with Gasteiger partial charge in [0.2, 0.25) is 11.8 Å². The van der Waals surface area contributed by atoms with E-state index >= 15 is 0 Å². The average Bonchev–Trinajstić information content (AvgIpc) is 3.59. The number of halogens is 1. The van der Waals surface area contributed by atoms with E-state index in [4.69, 9.17) is 11.6 Å². The van der Waals surface area contributed by atoms with Crippen molar-refractivity contribution < 1.29 is 18.0 Å². The van der Waals surface area contributed by atoms with Crippen LogP contribution < -0.4 is 9.62 Å². The molecule has 1 fully saturated rings. The maximum absolute atomic E-state index is 14.6. The van der Waals surface area contributed by atoms with Gasteiger partial charge >= 0.3 is 0 Å². The van der Waals surface area contributed by atoms with Crippen LogP contribution in [0.15, 0.2) is 113 Å². The third kappa shape index (κ3) is 8.97. The standard InChI is InChI=1S/C37H40ClN3O4S2/c1-27-15-17-32(18-16-27)41(47(44,45)34-21-19-33(46-2)20-22-34)26-36(42)40(25-29-11-8-12-30(38)23-29)35(24-28-9-4-3-5-10-28)37(43)39-31-13-6-7-14-31/h3-5,8-12,15-23,31,35H,6-7,13-14,24-26H2,1-2H3,(H,39,43). The van der Waals surface area contributed by atoms with E-state index in [1.807, 2.05) is 61.7 Å². The minimum absolute atomic E-state index is 0.0394. The van der Waals surface area contributed by atoms with E-state index in [0.717, 1.165) is 51.6 Å². The summed E-state index contributed by atoms with van der Waals surface area (Å²) in [4.78, 5) is 31.3. The molecule has 0 aromatic heterocycles. The number of hydrogen-bond acceptors (Lipinski definition) is 5. The van der Waals surface area contributed by atoms with Gasteiger partial charge in [-0.25, -0.2) is 8.42 Å². The molecular formula is C37H40ClN3O4S2. The van der Waals surface area contributed by atoms with Gasteiger partial charge in [-0.15, -0.1) is 11.8 Å². The lowest BCUT2D eigenvalue weighted by Gasteiger charge is -2.34. The van der Waals surface area contributed by atoms with Crippen LogP contribution in [0, 0.1) is 6.92 Å². The second-order valence-corrected chi connectivity index (χ2v) is 15.0. The molecule has 4 aromatic carbocycles. The summed E-state index contributed by atoms with van der Waals surface area (Å²) in [5, 5.41) is 3.70. The molecule has 1 saturated carbocycles. The summed E-state index contributed by atoms with van der Waals surface area (Å²) in [5.41, 5.74) is 2.93. The molecule has 0 radical (unpaired) electrons. The van der Waals surface area contributed by atoms with Gasteiger partial charge in [0, 0.05) is 28.9 Å². The Bertz CT molecular complexity index is 1760. The molecule has 1 atom stereocenters. The molecule has 0 saturated heterocycles. The van der Waals surface area contributed by atoms with Gasteiger partial charge in [-0.1, -0.05) is 84.6 Å². The number of carbonyl (C=O) groups is 2. The highest BCUT2D eigenvalue weighted by Crippen LogP contribution is 2.27. The number of aryl methyl sites for hydroxylation is 1. The Morgan fingerprint density at radius 1 is 0.894 bits per heavy atom. The summed E-state index contributed by atoms with van der Waals surface area (Å²) < 4.78 is 29.7. The second-order valence-electron chi connectivity index (χ2n) is 11.9. The van der Waals surface area contributed by atoms with Gasteiger partial charge in [-0.2, -0.15) is 0 Å². The van der Waals surface area contributed by atoms with E-state index in [2.05, 4.69) is 5.32 Å². The smallest absolute Gasteiger partial charge is 0.264 e. The summed E-state index contributed by atoms with van der Waals surface area (Å²) >= 11 is 7.86. The number of anilines is 1. The van der Waals surface area contributed by atoms with Gasteiger partial charge in [-0.3, -0.25) is 13.9 Å². The zero-order valence-electron chi connectivity index (χ0n) is 26.6. The molecule has 0 aliphatic heterocycles. The number of benzene rings is 4. The van der Waals surface area contributed by atoms with Crippen LogP contribution in [-0.4, -0.2) is 50.0 Å². The van der Waals surface area contributed by atoms with Crippen molar-refractivity contribution >= 4 is 50.9 Å². The van der Waals surface area contributed by atoms with Gasteiger partial charge in [0.15, 0.2) is 0 Å². The molecular weight excluding hydrogens is 650 g/mol. The highest BCUT2D eigenvalue weighted by molar-refractivity contribution is 7.98. The normalized spacial score (nSPS) is 14.0. The fourth-order valence-corrected chi connectivity index (χ4v) is 7.90. The first kappa shape index (κ1) is 34.5. The molecule has 1 aliphatic carbocycles. The third-order valence-electron chi connectivity index (χ3n) is 8.46. The lowest BCUT2D eigenvalue weighted by Crippen LogP contribution is -2.54. The first-order valence-electron chi connectivity index (χ1n) is 15.8. The predicted molar refractivity (Wildman–Crippen MR) is 190 cm³/mol. The van der Waals surface area contributed by atoms with E-state index in [1.54, 1.807) is 54.6 Å². The second kappa shape index (κ2) is 15.9. The van der Waals surface area contributed by atoms with Gasteiger partial charge in [0.05, 0.1) is 10.6 Å². The van der Waals surface area contributed by atoms with E-state index in [1.165, 1.54) is 16.7 Å². The molecule has 1 unspecified atom stereocenters. The van der Waals surface area contributed by atoms with Crippen molar-refractivity contribution in [3.63, 3.8) is 0 Å². The van der Waals surface area contributed by atoms with E-state index in [-0.39, 0.29) is 29.8 Å². The molecule has 2 amide bonds. The molecule has 1 N–H and O–H groups in total. The molecule has 0 bridgehead atoms. The molecule has 1 aliphatic rings. The lowest BCUT2D eigenvalue weighted by molar-refractivity contribution is -0.140. The summed E-state index contributed by atoms with van der Waals surface area (Å²) in [6.45, 7) is 1.48. The van der Waals surface area contributed by atoms with Crippen LogP contribution in [0.25, 0.3) is 0 Å². The molecule has 47 heavy (non-hydrogen) atoms. The third-order valence-corrected chi connectivity index (χ3v) is 11.2. The quantitative estimate of drug-likeness (QED) is 0.149. The van der Waals surface area contributed by atoms with Crippen LogP contribution >= 0.6 is 23.4 Å². The number of nitrogens with zero attached hydrogens (tertiary/aromatic N) is 2. The summed E-state index contributed by atoms with van der Waals surface area (Å²) in [5.74, 6) is -0.758. The molecule has 7 nitrogen and oxygen atoms in total. The molecule has 0 spiro atoms. The van der Waals surface area contributed by atoms with Crippen LogP contribution in [0.4, 0.5) is 5.69 Å². The Kier molecular flexibility index (Phi) is 11.7. The van der Waals surface area contributed by atoms with Gasteiger partial charge < -0.3 is 10.2 Å². The molecule has 246 valence electrons. The highest BCUT2D eigenvalue weighted by Gasteiger charge is 2.35. The Hall–Kier alpha value is -3.79. The summed E-state index contributed by atoms with van der Waals surface area (Å²) in [6, 6.07) is 29.5. The summed E-state index contributed by atoms with van der Waals surface area (Å²) in [6.07, 6.45) is 6.05. The molecule has 4 aromatic rings. The monoisotopic (exact) mass is 689 g/mol. The first-order valence-corrected chi connectivity index (χ1v) is 18.8. The van der Waals surface area contributed by atoms with Crippen LogP contribution in [-0.2, 0) is 32.6 Å². The van der Waals surface area contributed by atoms with Gasteiger partial charge in [0.25, 0.3) is 10.0 Å². The van der Waals surface area contributed by atoms with Crippen LogP contribution in [0.1, 0.15) is 42.4 Å². The Labute approximate surface area is 287 Å². The van der Waals surface area contributed by atoms with Crippen molar-refractivity contribution in [2.45, 2.75) is 67.4 Å². The number of thioether (sulfide) groups is 1. The van der Waals surface area contributed by atoms with E-state index in [9.17, 15) is 18.0 Å². The van der Waals surface area contributed by atoms with Crippen molar-refractivity contribution in [3.8, 4) is 0 Å². The largest absolute Gasteiger partial charge is 0.352 e. The number of hydrogen-bond donors (Lipinski definition) is 1. The Morgan fingerprint density at radius 2 is 1.55 bits per heavy atom. The Balaban J connectivity index is 1.56. The minimum atomic E-state index is -4.17. The fourth-order valence-electron chi connectivity index (χ4n) is 5.87.